The molecule has 0 aromatic heterocycles. The Balaban J connectivity index is 2.36. The van der Waals surface area contributed by atoms with E-state index >= 15 is 0 Å². The van der Waals surface area contributed by atoms with Crippen LogP contribution < -0.4 is 10.6 Å². The fraction of sp³-hybridized carbons (Fsp3) is 0.889. The predicted octanol–water partition coefficient (Wildman–Crippen LogP) is 1.20. The van der Waals surface area contributed by atoms with Crippen LogP contribution in [0.2, 0.25) is 0 Å². The maximum atomic E-state index is 11.9. The van der Waals surface area contributed by atoms with Crippen LogP contribution in [0.15, 0.2) is 0 Å². The molecule has 0 radical (unpaired) electrons. The maximum Gasteiger partial charge on any atom is 0.397 e. The molecule has 3 nitrogen and oxygen atoms in total. The van der Waals surface area contributed by atoms with Gasteiger partial charge in [-0.05, 0) is 26.3 Å². The van der Waals surface area contributed by atoms with Gasteiger partial charge < -0.3 is 10.6 Å². The van der Waals surface area contributed by atoms with Crippen molar-refractivity contribution in [2.75, 3.05) is 6.54 Å². The Bertz CT molecular complexity index is 230. The number of nitrogens with one attached hydrogen (secondary N) is 2. The van der Waals surface area contributed by atoms with Gasteiger partial charge in [-0.2, -0.15) is 13.2 Å². The van der Waals surface area contributed by atoms with Crippen molar-refractivity contribution in [2.24, 2.45) is 0 Å². The van der Waals surface area contributed by atoms with Gasteiger partial charge in [0.1, 0.15) is 6.42 Å². The highest BCUT2D eigenvalue weighted by Gasteiger charge is 2.32. The smallest absolute Gasteiger partial charge is 0.352 e. The summed E-state index contributed by atoms with van der Waals surface area (Å²) in [6, 6.07) is -0.149. The van der Waals surface area contributed by atoms with E-state index in [2.05, 4.69) is 10.6 Å². The van der Waals surface area contributed by atoms with Gasteiger partial charge in [0.2, 0.25) is 5.91 Å². The molecule has 2 unspecified atom stereocenters. The van der Waals surface area contributed by atoms with Crippen LogP contribution in [0.25, 0.3) is 0 Å². The topological polar surface area (TPSA) is 41.1 Å². The van der Waals surface area contributed by atoms with E-state index in [0.29, 0.717) is 0 Å². The minimum absolute atomic E-state index is 0.0379. The molecule has 0 aliphatic carbocycles. The van der Waals surface area contributed by atoms with E-state index in [9.17, 15) is 18.0 Å². The first-order chi connectivity index (χ1) is 6.88. The first kappa shape index (κ1) is 12.3. The van der Waals surface area contributed by atoms with Gasteiger partial charge in [0.25, 0.3) is 0 Å². The van der Waals surface area contributed by atoms with E-state index in [-0.39, 0.29) is 12.1 Å². The van der Waals surface area contributed by atoms with Crippen molar-refractivity contribution in [1.29, 1.82) is 0 Å². The zero-order valence-corrected chi connectivity index (χ0v) is 8.53. The van der Waals surface area contributed by atoms with Gasteiger partial charge in [-0.3, -0.25) is 4.79 Å². The van der Waals surface area contributed by atoms with E-state index < -0.39 is 18.5 Å². The molecular weight excluding hydrogens is 209 g/mol. The summed E-state index contributed by atoms with van der Waals surface area (Å²) >= 11 is 0. The number of carbonyl (C=O) groups is 1. The summed E-state index contributed by atoms with van der Waals surface area (Å²) in [5.41, 5.74) is 0. The van der Waals surface area contributed by atoms with Crippen LogP contribution >= 0.6 is 0 Å². The number of carbonyl (C=O) groups excluding carboxylic acids is 1. The molecule has 2 N–H and O–H groups in total. The van der Waals surface area contributed by atoms with E-state index in [1.54, 1.807) is 0 Å². The van der Waals surface area contributed by atoms with E-state index in [1.807, 2.05) is 6.92 Å². The minimum Gasteiger partial charge on any atom is -0.352 e. The molecule has 2 atom stereocenters. The van der Waals surface area contributed by atoms with Gasteiger partial charge in [-0.25, -0.2) is 0 Å². The first-order valence-corrected chi connectivity index (χ1v) is 4.98. The lowest BCUT2D eigenvalue weighted by Gasteiger charge is -2.30. The second-order valence-electron chi connectivity index (χ2n) is 3.85. The quantitative estimate of drug-likeness (QED) is 0.740. The van der Waals surface area contributed by atoms with Crippen molar-refractivity contribution in [3.05, 3.63) is 0 Å². The molecule has 1 amide bonds. The van der Waals surface area contributed by atoms with E-state index in [0.717, 1.165) is 19.4 Å². The standard InChI is InChI=1S/C9H15F3N2O/c1-6-7(3-2-4-13-6)14-8(15)5-9(10,11)12/h6-7,13H,2-5H2,1H3,(H,14,15). The third-order valence-corrected chi connectivity index (χ3v) is 2.47. The van der Waals surface area contributed by atoms with Gasteiger partial charge >= 0.3 is 6.18 Å². The Morgan fingerprint density at radius 1 is 1.53 bits per heavy atom. The van der Waals surface area contributed by atoms with Crippen molar-refractivity contribution in [1.82, 2.24) is 10.6 Å². The number of hydrogen-bond acceptors (Lipinski definition) is 2. The third kappa shape index (κ3) is 4.51. The highest BCUT2D eigenvalue weighted by molar-refractivity contribution is 5.77. The van der Waals surface area contributed by atoms with Crippen LogP contribution in [0, 0.1) is 0 Å². The molecule has 15 heavy (non-hydrogen) atoms. The SMILES string of the molecule is CC1NCCCC1NC(=O)CC(F)(F)F. The number of amides is 1. The summed E-state index contributed by atoms with van der Waals surface area (Å²) in [6.45, 7) is 2.71. The summed E-state index contributed by atoms with van der Waals surface area (Å²) in [5.74, 6) is -0.942. The third-order valence-electron chi connectivity index (χ3n) is 2.47. The Hall–Kier alpha value is -0.780. The van der Waals surface area contributed by atoms with Crippen LogP contribution in [-0.2, 0) is 4.79 Å². The van der Waals surface area contributed by atoms with Crippen molar-refractivity contribution in [2.45, 2.75) is 44.4 Å². The first-order valence-electron chi connectivity index (χ1n) is 4.98. The van der Waals surface area contributed by atoms with E-state index in [4.69, 9.17) is 0 Å². The normalized spacial score (nSPS) is 27.5. The van der Waals surface area contributed by atoms with Crippen molar-refractivity contribution >= 4 is 5.91 Å². The predicted molar refractivity (Wildman–Crippen MR) is 49.3 cm³/mol. The highest BCUT2D eigenvalue weighted by Crippen LogP contribution is 2.19. The van der Waals surface area contributed by atoms with Crippen LogP contribution in [0.3, 0.4) is 0 Å². The summed E-state index contributed by atoms with van der Waals surface area (Å²) in [7, 11) is 0. The summed E-state index contributed by atoms with van der Waals surface area (Å²) in [5, 5.41) is 5.51. The van der Waals surface area contributed by atoms with Crippen LogP contribution in [-0.4, -0.2) is 30.7 Å². The molecule has 0 aromatic rings. The Labute approximate surface area is 86.4 Å². The monoisotopic (exact) mass is 224 g/mol. The Kier molecular flexibility index (Phi) is 3.96. The Morgan fingerprint density at radius 2 is 2.20 bits per heavy atom. The van der Waals surface area contributed by atoms with Crippen LogP contribution in [0.5, 0.6) is 0 Å². The van der Waals surface area contributed by atoms with Crippen molar-refractivity contribution in [3.8, 4) is 0 Å². The second-order valence-corrected chi connectivity index (χ2v) is 3.85. The molecule has 0 spiro atoms. The van der Waals surface area contributed by atoms with Gasteiger partial charge in [0.05, 0.1) is 0 Å². The lowest BCUT2D eigenvalue weighted by molar-refractivity contribution is -0.154. The second kappa shape index (κ2) is 4.83. The molecule has 1 aliphatic heterocycles. The number of halogens is 3. The van der Waals surface area contributed by atoms with E-state index in [1.165, 1.54) is 0 Å². The van der Waals surface area contributed by atoms with Gasteiger partial charge in [0.15, 0.2) is 0 Å². The lowest BCUT2D eigenvalue weighted by atomic mass is 10.00. The fourth-order valence-electron chi connectivity index (χ4n) is 1.68. The summed E-state index contributed by atoms with van der Waals surface area (Å²) in [4.78, 5) is 11.0. The minimum atomic E-state index is -4.42. The maximum absolute atomic E-state index is 11.9. The molecule has 6 heteroatoms. The highest BCUT2D eigenvalue weighted by atomic mass is 19.4. The van der Waals surface area contributed by atoms with Crippen molar-refractivity contribution in [3.63, 3.8) is 0 Å². The average Bonchev–Trinajstić information content (AvgIpc) is 2.05. The number of hydrogen-bond donors (Lipinski definition) is 2. The van der Waals surface area contributed by atoms with Crippen molar-refractivity contribution < 1.29 is 18.0 Å². The molecule has 1 saturated heterocycles. The molecule has 0 bridgehead atoms. The van der Waals surface area contributed by atoms with Gasteiger partial charge in [-0.15, -0.1) is 0 Å². The van der Waals surface area contributed by atoms with Crippen LogP contribution in [0.4, 0.5) is 13.2 Å². The summed E-state index contributed by atoms with van der Waals surface area (Å²) < 4.78 is 35.6. The van der Waals surface area contributed by atoms with Crippen LogP contribution in [0.1, 0.15) is 26.2 Å². The molecular formula is C9H15F3N2O. The van der Waals surface area contributed by atoms with Gasteiger partial charge in [-0.1, -0.05) is 0 Å². The number of alkyl halides is 3. The Morgan fingerprint density at radius 3 is 2.73 bits per heavy atom. The summed E-state index contributed by atoms with van der Waals surface area (Å²) in [6.07, 6.45) is -4.20. The molecule has 1 fully saturated rings. The lowest BCUT2D eigenvalue weighted by Crippen LogP contribution is -2.52. The van der Waals surface area contributed by atoms with Gasteiger partial charge in [0, 0.05) is 12.1 Å². The number of piperidine rings is 1. The number of rotatable bonds is 2. The molecule has 0 saturated carbocycles. The fourth-order valence-corrected chi connectivity index (χ4v) is 1.68. The molecule has 0 aromatic carbocycles. The molecule has 1 rings (SSSR count). The molecule has 88 valence electrons. The zero-order chi connectivity index (χ0) is 11.5. The zero-order valence-electron chi connectivity index (χ0n) is 8.53. The largest absolute Gasteiger partial charge is 0.397 e. The average molecular weight is 224 g/mol. The molecule has 1 heterocycles. The molecule has 1 aliphatic rings.